The maximum absolute atomic E-state index is 12.2. The highest BCUT2D eigenvalue weighted by molar-refractivity contribution is 9.09. The third-order valence-electron chi connectivity index (χ3n) is 2.81. The van der Waals surface area contributed by atoms with Crippen LogP contribution in [0.25, 0.3) is 0 Å². The molecule has 1 fully saturated rings. The van der Waals surface area contributed by atoms with Crippen molar-refractivity contribution in [3.8, 4) is 0 Å². The summed E-state index contributed by atoms with van der Waals surface area (Å²) in [5.74, 6) is 0.655. The zero-order valence-corrected chi connectivity index (χ0v) is 13.1. The monoisotopic (exact) mass is 327 g/mol. The van der Waals surface area contributed by atoms with E-state index in [-0.39, 0.29) is 18.0 Å². The number of sulfonamides is 1. The Bertz CT molecular complexity index is 332. The molecule has 4 nitrogen and oxygen atoms in total. The van der Waals surface area contributed by atoms with E-state index < -0.39 is 10.0 Å². The van der Waals surface area contributed by atoms with E-state index in [4.69, 9.17) is 4.74 Å². The van der Waals surface area contributed by atoms with Gasteiger partial charge in [0.25, 0.3) is 0 Å². The number of morpholine rings is 1. The Morgan fingerprint density at radius 2 is 2.06 bits per heavy atom. The van der Waals surface area contributed by atoms with E-state index in [0.717, 1.165) is 0 Å². The van der Waals surface area contributed by atoms with Gasteiger partial charge in [0.2, 0.25) is 10.0 Å². The van der Waals surface area contributed by atoms with E-state index in [9.17, 15) is 8.42 Å². The van der Waals surface area contributed by atoms with Crippen molar-refractivity contribution in [1.82, 2.24) is 4.31 Å². The van der Waals surface area contributed by atoms with Crippen LogP contribution in [0.15, 0.2) is 0 Å². The first kappa shape index (κ1) is 15.4. The largest absolute Gasteiger partial charge is 0.372 e. The second-order valence-corrected chi connectivity index (χ2v) is 7.77. The van der Waals surface area contributed by atoms with E-state index in [1.165, 1.54) is 0 Å². The van der Waals surface area contributed by atoms with Gasteiger partial charge in [-0.25, -0.2) is 8.42 Å². The van der Waals surface area contributed by atoms with Crippen LogP contribution in [0.3, 0.4) is 0 Å². The van der Waals surface area contributed by atoms with Crippen molar-refractivity contribution in [1.29, 1.82) is 0 Å². The Labute approximate surface area is 113 Å². The second kappa shape index (κ2) is 6.50. The van der Waals surface area contributed by atoms with Crippen LogP contribution in [0, 0.1) is 5.92 Å². The van der Waals surface area contributed by atoms with Crippen molar-refractivity contribution in [2.24, 2.45) is 5.92 Å². The molecule has 2 atom stereocenters. The van der Waals surface area contributed by atoms with Gasteiger partial charge in [-0.1, -0.05) is 29.8 Å². The van der Waals surface area contributed by atoms with Crippen LogP contribution < -0.4 is 0 Å². The molecule has 0 spiro atoms. The van der Waals surface area contributed by atoms with Crippen molar-refractivity contribution in [3.05, 3.63) is 0 Å². The van der Waals surface area contributed by atoms with Gasteiger partial charge < -0.3 is 4.74 Å². The molecule has 0 aromatic heterocycles. The summed E-state index contributed by atoms with van der Waals surface area (Å²) in [6.07, 6.45) is 0.653. The summed E-state index contributed by atoms with van der Waals surface area (Å²) >= 11 is 3.35. The van der Waals surface area contributed by atoms with E-state index in [1.807, 2.05) is 20.8 Å². The summed E-state index contributed by atoms with van der Waals surface area (Å²) in [4.78, 5) is 0. The minimum absolute atomic E-state index is 0.0277. The average molecular weight is 328 g/mol. The van der Waals surface area contributed by atoms with Crippen LogP contribution in [0.4, 0.5) is 0 Å². The van der Waals surface area contributed by atoms with Gasteiger partial charge in [-0.3, -0.25) is 0 Å². The number of rotatable bonds is 5. The molecule has 0 bridgehead atoms. The van der Waals surface area contributed by atoms with Gasteiger partial charge in [0, 0.05) is 18.4 Å². The number of halogens is 1. The van der Waals surface area contributed by atoms with Crippen molar-refractivity contribution >= 4 is 26.0 Å². The van der Waals surface area contributed by atoms with E-state index in [2.05, 4.69) is 15.9 Å². The minimum atomic E-state index is -3.12. The maximum Gasteiger partial charge on any atom is 0.214 e. The number of hydrogen-bond acceptors (Lipinski definition) is 3. The number of nitrogens with zero attached hydrogens (tertiary/aromatic N) is 1. The molecule has 0 amide bonds. The highest BCUT2D eigenvalue weighted by atomic mass is 79.9. The lowest BCUT2D eigenvalue weighted by molar-refractivity contribution is -0.0411. The zero-order chi connectivity index (χ0) is 13.1. The molecule has 2 unspecified atom stereocenters. The van der Waals surface area contributed by atoms with Gasteiger partial charge in [0.05, 0.1) is 18.0 Å². The molecule has 17 heavy (non-hydrogen) atoms. The molecule has 6 heteroatoms. The van der Waals surface area contributed by atoms with Gasteiger partial charge in [0.1, 0.15) is 0 Å². The summed E-state index contributed by atoms with van der Waals surface area (Å²) in [6, 6.07) is 0. The van der Waals surface area contributed by atoms with Crippen molar-refractivity contribution in [2.75, 3.05) is 24.2 Å². The summed E-state index contributed by atoms with van der Waals surface area (Å²) in [7, 11) is -3.12. The fourth-order valence-electron chi connectivity index (χ4n) is 1.83. The van der Waals surface area contributed by atoms with Gasteiger partial charge >= 0.3 is 0 Å². The first-order chi connectivity index (χ1) is 7.85. The predicted octanol–water partition coefficient (Wildman–Crippen LogP) is 1.85. The predicted molar refractivity (Wildman–Crippen MR) is 72.9 cm³/mol. The molecule has 0 radical (unpaired) electrons. The molecular weight excluding hydrogens is 306 g/mol. The highest BCUT2D eigenvalue weighted by Gasteiger charge is 2.32. The maximum atomic E-state index is 12.2. The molecule has 0 aromatic rings. The molecule has 0 saturated carbocycles. The Morgan fingerprint density at radius 3 is 2.59 bits per heavy atom. The fourth-order valence-corrected chi connectivity index (χ4v) is 4.04. The van der Waals surface area contributed by atoms with Crippen molar-refractivity contribution in [3.63, 3.8) is 0 Å². The van der Waals surface area contributed by atoms with Gasteiger partial charge in [-0.2, -0.15) is 4.31 Å². The van der Waals surface area contributed by atoms with Gasteiger partial charge in [-0.15, -0.1) is 0 Å². The lowest BCUT2D eigenvalue weighted by Gasteiger charge is -2.35. The topological polar surface area (TPSA) is 46.6 Å². The van der Waals surface area contributed by atoms with E-state index in [1.54, 1.807) is 4.31 Å². The summed E-state index contributed by atoms with van der Waals surface area (Å²) in [5.41, 5.74) is 0. The molecule has 0 N–H and O–H groups in total. The van der Waals surface area contributed by atoms with E-state index >= 15 is 0 Å². The summed E-state index contributed by atoms with van der Waals surface area (Å²) in [5, 5.41) is 0.674. The van der Waals surface area contributed by atoms with Crippen molar-refractivity contribution in [2.45, 2.75) is 39.4 Å². The SMILES string of the molecule is CC(C)CCS(=O)(=O)N1CC(C)OC(CBr)C1. The number of alkyl halides is 1. The molecule has 1 heterocycles. The standard InChI is InChI=1S/C11H22BrNO3S/c1-9(2)4-5-17(14,15)13-7-10(3)16-11(6-12)8-13/h9-11H,4-8H2,1-3H3. The van der Waals surface area contributed by atoms with Gasteiger partial charge in [0.15, 0.2) is 0 Å². The lowest BCUT2D eigenvalue weighted by Crippen LogP contribution is -2.50. The molecule has 1 aliphatic rings. The van der Waals surface area contributed by atoms with Crippen LogP contribution in [-0.4, -0.2) is 49.1 Å². The van der Waals surface area contributed by atoms with Gasteiger partial charge in [-0.05, 0) is 19.3 Å². The normalized spacial score (nSPS) is 27.6. The Hall–Kier alpha value is 0.350. The molecule has 1 saturated heterocycles. The minimum Gasteiger partial charge on any atom is -0.372 e. The highest BCUT2D eigenvalue weighted by Crippen LogP contribution is 2.17. The lowest BCUT2D eigenvalue weighted by atomic mass is 10.2. The first-order valence-corrected chi connectivity index (χ1v) is 8.77. The number of hydrogen-bond donors (Lipinski definition) is 0. The fraction of sp³-hybridized carbons (Fsp3) is 1.00. The summed E-state index contributed by atoms with van der Waals surface area (Å²) < 4.78 is 31.5. The first-order valence-electron chi connectivity index (χ1n) is 6.04. The molecular formula is C11H22BrNO3S. The zero-order valence-electron chi connectivity index (χ0n) is 10.7. The van der Waals surface area contributed by atoms with Crippen LogP contribution in [0.2, 0.25) is 0 Å². The van der Waals surface area contributed by atoms with Crippen LogP contribution in [0.5, 0.6) is 0 Å². The third kappa shape index (κ3) is 4.85. The van der Waals surface area contributed by atoms with Crippen LogP contribution in [0.1, 0.15) is 27.2 Å². The second-order valence-electron chi connectivity index (χ2n) is 5.04. The molecule has 1 aliphatic heterocycles. The van der Waals surface area contributed by atoms with E-state index in [0.29, 0.717) is 30.8 Å². The molecule has 0 aliphatic carbocycles. The molecule has 0 aromatic carbocycles. The Kier molecular flexibility index (Phi) is 5.89. The smallest absolute Gasteiger partial charge is 0.214 e. The van der Waals surface area contributed by atoms with Crippen molar-refractivity contribution < 1.29 is 13.2 Å². The quantitative estimate of drug-likeness (QED) is 0.724. The summed E-state index contributed by atoms with van der Waals surface area (Å²) in [6.45, 7) is 6.94. The molecule has 1 rings (SSSR count). The van der Waals surface area contributed by atoms with Crippen LogP contribution in [-0.2, 0) is 14.8 Å². The Balaban J connectivity index is 2.63. The average Bonchev–Trinajstić information content (AvgIpc) is 2.25. The Morgan fingerprint density at radius 1 is 1.41 bits per heavy atom. The van der Waals surface area contributed by atoms with Crippen LogP contribution >= 0.6 is 15.9 Å². The number of ether oxygens (including phenoxy) is 1. The third-order valence-corrected chi connectivity index (χ3v) is 5.37. The molecule has 102 valence electrons.